The van der Waals surface area contributed by atoms with E-state index in [1.165, 1.54) is 12.2 Å². The molecule has 1 aliphatic heterocycles. The van der Waals surface area contributed by atoms with Crippen LogP contribution in [0, 0.1) is 0 Å². The van der Waals surface area contributed by atoms with Crippen LogP contribution in [0.5, 0.6) is 0 Å². The van der Waals surface area contributed by atoms with Crippen molar-refractivity contribution in [1.82, 2.24) is 4.90 Å². The molecule has 1 aromatic rings. The molecule has 0 amide bonds. The topological polar surface area (TPSA) is 57.6 Å². The lowest BCUT2D eigenvalue weighted by molar-refractivity contribution is -0.131. The summed E-state index contributed by atoms with van der Waals surface area (Å²) in [6, 6.07) is 10.0. The van der Waals surface area contributed by atoms with Crippen LogP contribution >= 0.6 is 17.0 Å². The Balaban J connectivity index is 0.00000192. The van der Waals surface area contributed by atoms with Gasteiger partial charge in [-0.25, -0.2) is 0 Å². The van der Waals surface area contributed by atoms with E-state index in [2.05, 4.69) is 4.90 Å². The van der Waals surface area contributed by atoms with Crippen LogP contribution < -0.4 is 0 Å². The van der Waals surface area contributed by atoms with Crippen molar-refractivity contribution >= 4 is 28.5 Å². The second kappa shape index (κ2) is 7.81. The molecule has 1 N–H and O–H groups in total. The van der Waals surface area contributed by atoms with E-state index in [0.717, 1.165) is 36.2 Å². The first kappa shape index (κ1) is 17.8. The summed E-state index contributed by atoms with van der Waals surface area (Å²) in [5, 5.41) is 9.23. The number of hydrogen-bond acceptors (Lipinski definition) is 4. The number of carbonyl (C=O) groups excluding carboxylic acids is 2. The number of rotatable bonds is 3. The van der Waals surface area contributed by atoms with Gasteiger partial charge in [-0.3, -0.25) is 14.5 Å². The number of nitrogens with zero attached hydrogens (tertiary/aromatic N) is 1. The van der Waals surface area contributed by atoms with Crippen LogP contribution in [-0.2, 0) is 9.59 Å². The number of aliphatic hydroxyl groups excluding tert-OH is 1. The largest absolute Gasteiger partial charge is 0.395 e. The van der Waals surface area contributed by atoms with Gasteiger partial charge in [0, 0.05) is 25.6 Å². The third kappa shape index (κ3) is 3.86. The summed E-state index contributed by atoms with van der Waals surface area (Å²) in [4.78, 5) is 25.7. The van der Waals surface area contributed by atoms with Gasteiger partial charge < -0.3 is 5.11 Å². The minimum atomic E-state index is -0.435. The van der Waals surface area contributed by atoms with Gasteiger partial charge in [0.05, 0.1) is 6.61 Å². The monoisotopic (exact) mass is 377 g/mol. The van der Waals surface area contributed by atoms with Crippen molar-refractivity contribution in [3.63, 3.8) is 0 Å². The first-order chi connectivity index (χ1) is 10.7. The van der Waals surface area contributed by atoms with E-state index in [0.29, 0.717) is 6.54 Å². The fourth-order valence-electron chi connectivity index (χ4n) is 3.20. The molecule has 0 radical (unpaired) electrons. The van der Waals surface area contributed by atoms with Crippen LogP contribution in [0.4, 0.5) is 0 Å². The number of β-amino-alcohol motifs (C(OH)–C–C–N with tert-alkyl or cyclic N) is 1. The molecule has 2 aliphatic rings. The molecular formula is C18H20BrNO3. The smallest absolute Gasteiger partial charge is 0.226 e. The highest BCUT2D eigenvalue weighted by Gasteiger charge is 2.30. The predicted octanol–water partition coefficient (Wildman–Crippen LogP) is 2.05. The summed E-state index contributed by atoms with van der Waals surface area (Å²) in [5.41, 5.74) is 3.04. The van der Waals surface area contributed by atoms with Crippen LogP contribution in [0.2, 0.25) is 0 Å². The Morgan fingerprint density at radius 3 is 2.48 bits per heavy atom. The molecule has 1 fully saturated rings. The number of allylic oxidation sites excluding steroid dienone is 2. The van der Waals surface area contributed by atoms with Crippen molar-refractivity contribution in [2.24, 2.45) is 0 Å². The number of hydrogen-bond donors (Lipinski definition) is 1. The minimum absolute atomic E-state index is 0. The Bertz CT molecular complexity index is 651. The number of fused-ring (bicyclic) bond motifs is 1. The molecule has 1 atom stereocenters. The van der Waals surface area contributed by atoms with Crippen LogP contribution in [0.25, 0.3) is 0 Å². The van der Waals surface area contributed by atoms with Gasteiger partial charge in [0.15, 0.2) is 0 Å². The van der Waals surface area contributed by atoms with E-state index < -0.39 is 11.6 Å². The molecule has 0 saturated carbocycles. The lowest BCUT2D eigenvalue weighted by Gasteiger charge is -2.25. The van der Waals surface area contributed by atoms with Gasteiger partial charge in [0.1, 0.15) is 0 Å². The van der Waals surface area contributed by atoms with E-state index >= 15 is 0 Å². The number of carbonyl (C=O) groups is 2. The molecule has 1 unspecified atom stereocenters. The fraction of sp³-hybridized carbons (Fsp3) is 0.333. The van der Waals surface area contributed by atoms with Gasteiger partial charge in [0.2, 0.25) is 11.6 Å². The molecular weight excluding hydrogens is 358 g/mol. The maximum Gasteiger partial charge on any atom is 0.226 e. The van der Waals surface area contributed by atoms with Gasteiger partial charge in [-0.1, -0.05) is 30.3 Å². The molecule has 23 heavy (non-hydrogen) atoms. The average molecular weight is 378 g/mol. The predicted molar refractivity (Wildman–Crippen MR) is 93.8 cm³/mol. The van der Waals surface area contributed by atoms with Crippen molar-refractivity contribution < 1.29 is 14.7 Å². The van der Waals surface area contributed by atoms with E-state index in [1.54, 1.807) is 0 Å². The highest BCUT2D eigenvalue weighted by Crippen LogP contribution is 2.36. The molecule has 0 spiro atoms. The van der Waals surface area contributed by atoms with Crippen molar-refractivity contribution in [2.75, 3.05) is 26.2 Å². The third-order valence-electron chi connectivity index (χ3n) is 4.34. The quantitative estimate of drug-likeness (QED) is 0.646. The lowest BCUT2D eigenvalue weighted by atomic mass is 9.82. The molecule has 1 aromatic carbocycles. The molecule has 1 aliphatic carbocycles. The molecule has 4 nitrogen and oxygen atoms in total. The highest BCUT2D eigenvalue weighted by molar-refractivity contribution is 8.93. The fourth-order valence-corrected chi connectivity index (χ4v) is 3.20. The minimum Gasteiger partial charge on any atom is -0.395 e. The van der Waals surface area contributed by atoms with E-state index in [1.807, 2.05) is 30.3 Å². The Kier molecular flexibility index (Phi) is 6.04. The van der Waals surface area contributed by atoms with Crippen LogP contribution in [0.1, 0.15) is 17.9 Å². The zero-order valence-corrected chi connectivity index (χ0v) is 14.5. The van der Waals surface area contributed by atoms with Crippen molar-refractivity contribution in [3.8, 4) is 0 Å². The Hall–Kier alpha value is -1.56. The van der Waals surface area contributed by atoms with Gasteiger partial charge in [0.25, 0.3) is 0 Å². The van der Waals surface area contributed by atoms with Crippen molar-refractivity contribution in [2.45, 2.75) is 12.3 Å². The van der Waals surface area contributed by atoms with Gasteiger partial charge in [-0.05, 0) is 35.3 Å². The second-order valence-electron chi connectivity index (χ2n) is 5.74. The lowest BCUT2D eigenvalue weighted by Crippen LogP contribution is -2.30. The summed E-state index contributed by atoms with van der Waals surface area (Å²) in [7, 11) is 0. The molecule has 0 aromatic heterocycles. The van der Waals surface area contributed by atoms with E-state index in [-0.39, 0.29) is 29.5 Å². The molecule has 5 heteroatoms. The standard InChI is InChI=1S/C18H19NO3.BrH/c20-9-8-19-7-6-14-10-17(21)18(22)11-15(14)16(12-19)13-4-2-1-3-5-13;/h1-5,10-11,16,20H,6-9,12H2;1H. The van der Waals surface area contributed by atoms with Gasteiger partial charge in [-0.15, -0.1) is 17.0 Å². The van der Waals surface area contributed by atoms with Gasteiger partial charge in [-0.2, -0.15) is 0 Å². The van der Waals surface area contributed by atoms with Crippen molar-refractivity contribution in [1.29, 1.82) is 0 Å². The van der Waals surface area contributed by atoms with Gasteiger partial charge >= 0.3 is 0 Å². The highest BCUT2D eigenvalue weighted by atomic mass is 79.9. The summed E-state index contributed by atoms with van der Waals surface area (Å²) in [5.74, 6) is -0.810. The Morgan fingerprint density at radius 2 is 1.78 bits per heavy atom. The van der Waals surface area contributed by atoms with Crippen LogP contribution in [0.15, 0.2) is 53.6 Å². The third-order valence-corrected chi connectivity index (χ3v) is 4.34. The zero-order valence-electron chi connectivity index (χ0n) is 12.8. The average Bonchev–Trinajstić information content (AvgIpc) is 2.70. The number of benzene rings is 1. The molecule has 0 bridgehead atoms. The first-order valence-corrected chi connectivity index (χ1v) is 7.58. The number of ketones is 2. The summed E-state index contributed by atoms with van der Waals surface area (Å²) >= 11 is 0. The zero-order chi connectivity index (χ0) is 15.5. The maximum atomic E-state index is 11.8. The Labute approximate surface area is 146 Å². The van der Waals surface area contributed by atoms with Crippen LogP contribution in [0.3, 0.4) is 0 Å². The van der Waals surface area contributed by atoms with E-state index in [4.69, 9.17) is 0 Å². The number of halogens is 1. The molecule has 122 valence electrons. The first-order valence-electron chi connectivity index (χ1n) is 7.58. The maximum absolute atomic E-state index is 11.8. The summed E-state index contributed by atoms with van der Waals surface area (Å²) in [6.07, 6.45) is 3.74. The number of likely N-dealkylation sites (tertiary alicyclic amines) is 1. The second-order valence-corrected chi connectivity index (χ2v) is 5.74. The molecule has 3 rings (SSSR count). The SMILES string of the molecule is Br.O=C1C=C2CCN(CCO)CC(c3ccccc3)C2=CC1=O. The normalized spacial score (nSPS) is 21.7. The summed E-state index contributed by atoms with van der Waals surface area (Å²) < 4.78 is 0. The molecule has 1 saturated heterocycles. The van der Waals surface area contributed by atoms with Crippen molar-refractivity contribution in [3.05, 3.63) is 59.2 Å². The Morgan fingerprint density at radius 1 is 1.09 bits per heavy atom. The summed E-state index contributed by atoms with van der Waals surface area (Å²) in [6.45, 7) is 2.24. The van der Waals surface area contributed by atoms with E-state index in [9.17, 15) is 14.7 Å². The molecule has 1 heterocycles. The van der Waals surface area contributed by atoms with Crippen LogP contribution in [-0.4, -0.2) is 47.8 Å². The number of aliphatic hydroxyl groups is 1.